The fourth-order valence-corrected chi connectivity index (χ4v) is 3.93. The highest BCUT2D eigenvalue weighted by Gasteiger charge is 2.19. The van der Waals surface area contributed by atoms with Gasteiger partial charge in [-0.2, -0.15) is 0 Å². The van der Waals surface area contributed by atoms with Crippen LogP contribution in [0.2, 0.25) is 0 Å². The number of guanidine groups is 1. The second kappa shape index (κ2) is 11.6. The molecule has 4 rings (SSSR count). The van der Waals surface area contributed by atoms with Crippen LogP contribution in [0.5, 0.6) is 11.5 Å². The summed E-state index contributed by atoms with van der Waals surface area (Å²) in [6.07, 6.45) is 3.21. The summed E-state index contributed by atoms with van der Waals surface area (Å²) in [5.74, 6) is 2.58. The van der Waals surface area contributed by atoms with E-state index in [2.05, 4.69) is 46.4 Å². The third-order valence-electron chi connectivity index (χ3n) is 5.77. The molecule has 7 heteroatoms. The monoisotopic (exact) mass is 536 g/mol. The van der Waals surface area contributed by atoms with Crippen molar-refractivity contribution in [3.05, 3.63) is 53.6 Å². The number of benzene rings is 2. The summed E-state index contributed by atoms with van der Waals surface area (Å²) in [4.78, 5) is 7.12. The molecule has 0 radical (unpaired) electrons. The molecule has 2 aliphatic rings. The van der Waals surface area contributed by atoms with Crippen LogP contribution in [-0.2, 0) is 6.54 Å². The van der Waals surface area contributed by atoms with Gasteiger partial charge in [-0.25, -0.2) is 0 Å². The van der Waals surface area contributed by atoms with Crippen LogP contribution in [0, 0.1) is 12.8 Å². The molecule has 31 heavy (non-hydrogen) atoms. The van der Waals surface area contributed by atoms with E-state index in [0.717, 1.165) is 62.6 Å². The predicted molar refractivity (Wildman–Crippen MR) is 137 cm³/mol. The SMILES string of the molecule is Cc1ccc(CN2CCC(CN=C(N)Nc3ccc4c(c3)OCCCO4)CC2)cc1.I. The molecule has 0 bridgehead atoms. The number of piperidine rings is 1. The second-order valence-electron chi connectivity index (χ2n) is 8.27. The number of likely N-dealkylation sites (tertiary alicyclic amines) is 1. The Hall–Kier alpha value is -2.00. The minimum Gasteiger partial charge on any atom is -0.490 e. The Morgan fingerprint density at radius 2 is 1.77 bits per heavy atom. The zero-order valence-electron chi connectivity index (χ0n) is 18.2. The molecule has 1 fully saturated rings. The van der Waals surface area contributed by atoms with Crippen molar-refractivity contribution in [2.24, 2.45) is 16.6 Å². The fourth-order valence-electron chi connectivity index (χ4n) is 3.93. The number of halogens is 1. The van der Waals surface area contributed by atoms with Crippen LogP contribution in [0.3, 0.4) is 0 Å². The van der Waals surface area contributed by atoms with Gasteiger partial charge < -0.3 is 20.5 Å². The molecule has 0 atom stereocenters. The molecule has 6 nitrogen and oxygen atoms in total. The number of aliphatic imine (C=N–C) groups is 1. The summed E-state index contributed by atoms with van der Waals surface area (Å²) >= 11 is 0. The largest absolute Gasteiger partial charge is 0.490 e. The summed E-state index contributed by atoms with van der Waals surface area (Å²) in [7, 11) is 0. The van der Waals surface area contributed by atoms with Crippen molar-refractivity contribution >= 4 is 35.6 Å². The summed E-state index contributed by atoms with van der Waals surface area (Å²) in [6.45, 7) is 7.51. The number of rotatable bonds is 5. The molecule has 0 unspecified atom stereocenters. The summed E-state index contributed by atoms with van der Waals surface area (Å²) in [5.41, 5.74) is 9.70. The van der Waals surface area contributed by atoms with E-state index >= 15 is 0 Å². The molecular formula is C24H33IN4O2. The van der Waals surface area contributed by atoms with Gasteiger partial charge in [0.2, 0.25) is 0 Å². The molecule has 2 aromatic rings. The minimum absolute atomic E-state index is 0. The maximum Gasteiger partial charge on any atom is 0.193 e. The average Bonchev–Trinajstić information content (AvgIpc) is 3.00. The molecule has 0 spiro atoms. The topological polar surface area (TPSA) is 72.1 Å². The van der Waals surface area contributed by atoms with E-state index < -0.39 is 0 Å². The van der Waals surface area contributed by atoms with Gasteiger partial charge in [0.1, 0.15) is 0 Å². The number of anilines is 1. The van der Waals surface area contributed by atoms with Crippen molar-refractivity contribution in [1.82, 2.24) is 4.90 Å². The first kappa shape index (κ1) is 23.7. The lowest BCUT2D eigenvalue weighted by Gasteiger charge is -2.31. The number of hydrogen-bond donors (Lipinski definition) is 2. The summed E-state index contributed by atoms with van der Waals surface area (Å²) in [5, 5.41) is 3.18. The molecule has 2 aliphatic heterocycles. The lowest BCUT2D eigenvalue weighted by atomic mass is 9.96. The molecule has 2 aromatic carbocycles. The maximum atomic E-state index is 6.13. The first-order chi connectivity index (χ1) is 14.7. The summed E-state index contributed by atoms with van der Waals surface area (Å²) < 4.78 is 11.4. The Balaban J connectivity index is 0.00000272. The third-order valence-corrected chi connectivity index (χ3v) is 5.77. The Morgan fingerprint density at radius 3 is 2.52 bits per heavy atom. The molecule has 0 saturated carbocycles. The number of fused-ring (bicyclic) bond motifs is 1. The smallest absolute Gasteiger partial charge is 0.193 e. The van der Waals surface area contributed by atoms with Crippen molar-refractivity contribution < 1.29 is 9.47 Å². The van der Waals surface area contributed by atoms with Gasteiger partial charge in [0.15, 0.2) is 17.5 Å². The van der Waals surface area contributed by atoms with E-state index in [0.29, 0.717) is 25.1 Å². The van der Waals surface area contributed by atoms with Crippen LogP contribution in [0.1, 0.15) is 30.4 Å². The van der Waals surface area contributed by atoms with Gasteiger partial charge in [-0.3, -0.25) is 9.89 Å². The van der Waals surface area contributed by atoms with Gasteiger partial charge in [0.25, 0.3) is 0 Å². The quantitative estimate of drug-likeness (QED) is 0.337. The highest BCUT2D eigenvalue weighted by molar-refractivity contribution is 14.0. The van der Waals surface area contributed by atoms with Crippen LogP contribution in [0.15, 0.2) is 47.5 Å². The van der Waals surface area contributed by atoms with Crippen molar-refractivity contribution in [1.29, 1.82) is 0 Å². The molecule has 0 amide bonds. The molecule has 1 saturated heterocycles. The van der Waals surface area contributed by atoms with Gasteiger partial charge >= 0.3 is 0 Å². The van der Waals surface area contributed by atoms with E-state index in [1.165, 1.54) is 11.1 Å². The van der Waals surface area contributed by atoms with E-state index in [-0.39, 0.29) is 24.0 Å². The van der Waals surface area contributed by atoms with E-state index in [4.69, 9.17) is 15.2 Å². The molecule has 0 aliphatic carbocycles. The Kier molecular flexibility index (Phi) is 8.83. The third kappa shape index (κ3) is 7.00. The standard InChI is InChI=1S/C24H32N4O2.HI/c1-18-3-5-20(6-4-18)17-28-11-9-19(10-12-28)16-26-24(25)27-21-7-8-22-23(15-21)30-14-2-13-29-22;/h3-8,15,19H,2,9-14,16-17H2,1H3,(H3,25,26,27);1H. The normalized spacial score (nSPS) is 17.5. The van der Waals surface area contributed by atoms with Gasteiger partial charge in [-0.05, 0) is 56.5 Å². The molecule has 0 aromatic heterocycles. The molecule has 3 N–H and O–H groups in total. The number of hydrogen-bond acceptors (Lipinski definition) is 4. The van der Waals surface area contributed by atoms with Crippen molar-refractivity contribution in [3.8, 4) is 11.5 Å². The van der Waals surface area contributed by atoms with Gasteiger partial charge in [-0.1, -0.05) is 29.8 Å². The second-order valence-corrected chi connectivity index (χ2v) is 8.27. The zero-order valence-corrected chi connectivity index (χ0v) is 20.5. The Labute approximate surface area is 202 Å². The van der Waals surface area contributed by atoms with Gasteiger partial charge in [0.05, 0.1) is 13.2 Å². The Morgan fingerprint density at radius 1 is 1.06 bits per heavy atom. The van der Waals surface area contributed by atoms with Crippen molar-refractivity contribution in [3.63, 3.8) is 0 Å². The summed E-state index contributed by atoms with van der Waals surface area (Å²) in [6, 6.07) is 14.6. The lowest BCUT2D eigenvalue weighted by Crippen LogP contribution is -2.34. The zero-order chi connectivity index (χ0) is 20.8. The van der Waals surface area contributed by atoms with Gasteiger partial charge in [-0.15, -0.1) is 24.0 Å². The number of nitrogens with zero attached hydrogens (tertiary/aromatic N) is 2. The first-order valence-corrected chi connectivity index (χ1v) is 10.9. The lowest BCUT2D eigenvalue weighted by molar-refractivity contribution is 0.180. The highest BCUT2D eigenvalue weighted by atomic mass is 127. The maximum absolute atomic E-state index is 6.13. The van der Waals surface area contributed by atoms with Crippen LogP contribution in [0.4, 0.5) is 5.69 Å². The Bertz CT molecular complexity index is 864. The average molecular weight is 536 g/mol. The van der Waals surface area contributed by atoms with Crippen LogP contribution in [-0.4, -0.2) is 43.7 Å². The van der Waals surface area contributed by atoms with E-state index in [1.54, 1.807) is 0 Å². The predicted octanol–water partition coefficient (Wildman–Crippen LogP) is 4.41. The van der Waals surface area contributed by atoms with Crippen LogP contribution in [0.25, 0.3) is 0 Å². The van der Waals surface area contributed by atoms with Crippen molar-refractivity contribution in [2.75, 3.05) is 38.2 Å². The highest BCUT2D eigenvalue weighted by Crippen LogP contribution is 2.32. The van der Waals surface area contributed by atoms with E-state index in [9.17, 15) is 0 Å². The van der Waals surface area contributed by atoms with Gasteiger partial charge in [0, 0.05) is 31.3 Å². The molecule has 2 heterocycles. The van der Waals surface area contributed by atoms with Crippen molar-refractivity contribution in [2.45, 2.75) is 32.7 Å². The number of nitrogens with two attached hydrogens (primary N) is 1. The first-order valence-electron chi connectivity index (χ1n) is 10.9. The number of nitrogens with one attached hydrogen (secondary N) is 1. The van der Waals surface area contributed by atoms with E-state index in [1.807, 2.05) is 18.2 Å². The minimum atomic E-state index is 0. The van der Waals surface area contributed by atoms with Crippen LogP contribution < -0.4 is 20.5 Å². The fraction of sp³-hybridized carbons (Fsp3) is 0.458. The number of aryl methyl sites for hydroxylation is 1. The molecule has 168 valence electrons. The molecular weight excluding hydrogens is 503 g/mol. The van der Waals surface area contributed by atoms with Crippen LogP contribution >= 0.6 is 24.0 Å². The number of ether oxygens (including phenoxy) is 2.